The van der Waals surface area contributed by atoms with Crippen molar-refractivity contribution in [2.24, 2.45) is 5.41 Å². The molecule has 2 aromatic rings. The fraction of sp³-hybridized carbons (Fsp3) is 0.630. The van der Waals surface area contributed by atoms with Crippen LogP contribution in [0.2, 0.25) is 5.02 Å². The first kappa shape index (κ1) is 27.6. The van der Waals surface area contributed by atoms with Crippen LogP contribution in [0.5, 0.6) is 0 Å². The molecule has 35 heavy (non-hydrogen) atoms. The summed E-state index contributed by atoms with van der Waals surface area (Å²) in [6.07, 6.45) is 7.63. The topological polar surface area (TPSA) is 71.0 Å². The summed E-state index contributed by atoms with van der Waals surface area (Å²) in [5.41, 5.74) is 2.09. The van der Waals surface area contributed by atoms with Crippen molar-refractivity contribution in [3.8, 4) is 0 Å². The van der Waals surface area contributed by atoms with Crippen molar-refractivity contribution >= 4 is 23.3 Å². The molecule has 6 nitrogen and oxygen atoms in total. The lowest BCUT2D eigenvalue weighted by atomic mass is 9.87. The number of carbonyl (C=O) groups is 1. The number of anilines is 1. The Balaban J connectivity index is 1.60. The molecule has 1 aromatic heterocycles. The van der Waals surface area contributed by atoms with E-state index in [-0.39, 0.29) is 39.8 Å². The molecule has 1 amide bonds. The van der Waals surface area contributed by atoms with Gasteiger partial charge in [-0.05, 0) is 68.2 Å². The zero-order valence-corrected chi connectivity index (χ0v) is 22.7. The number of halogens is 2. The van der Waals surface area contributed by atoms with Crippen molar-refractivity contribution in [2.45, 2.75) is 91.3 Å². The normalized spacial score (nSPS) is 17.2. The lowest BCUT2D eigenvalue weighted by molar-refractivity contribution is -0.118. The Morgan fingerprint density at radius 1 is 1.23 bits per heavy atom. The highest BCUT2D eigenvalue weighted by Gasteiger charge is 2.27. The van der Waals surface area contributed by atoms with E-state index in [1.54, 1.807) is 18.5 Å². The SMILES string of the molecule is CCCC(N[C@H]1CCc2cc(F)c(Cl)cc2C1)C(=O)Nc1cn(C(C)(C)CNCC(C)(C)C)cn1. The first-order chi connectivity index (χ1) is 16.4. The van der Waals surface area contributed by atoms with E-state index in [2.05, 4.69) is 62.5 Å². The van der Waals surface area contributed by atoms with E-state index in [1.807, 2.05) is 10.8 Å². The minimum Gasteiger partial charge on any atom is -0.328 e. The molecule has 1 heterocycles. The molecule has 0 radical (unpaired) electrons. The molecule has 194 valence electrons. The van der Waals surface area contributed by atoms with E-state index < -0.39 is 0 Å². The highest BCUT2D eigenvalue weighted by Crippen LogP contribution is 2.27. The Bertz CT molecular complexity index is 1010. The number of nitrogens with zero attached hydrogens (tertiary/aromatic N) is 2. The number of amides is 1. The van der Waals surface area contributed by atoms with E-state index in [0.717, 1.165) is 56.3 Å². The molecule has 0 spiro atoms. The second kappa shape index (κ2) is 11.4. The largest absolute Gasteiger partial charge is 0.328 e. The fourth-order valence-electron chi connectivity index (χ4n) is 4.52. The maximum atomic E-state index is 13.8. The van der Waals surface area contributed by atoms with Crippen molar-refractivity contribution in [1.29, 1.82) is 0 Å². The molecule has 0 saturated carbocycles. The Labute approximate surface area is 214 Å². The number of hydrogen-bond donors (Lipinski definition) is 3. The van der Waals surface area contributed by atoms with Gasteiger partial charge in [0.1, 0.15) is 5.82 Å². The molecule has 2 atom stereocenters. The summed E-state index contributed by atoms with van der Waals surface area (Å²) >= 11 is 6.00. The third-order valence-corrected chi connectivity index (χ3v) is 6.84. The summed E-state index contributed by atoms with van der Waals surface area (Å²) in [5, 5.41) is 10.2. The van der Waals surface area contributed by atoms with E-state index >= 15 is 0 Å². The maximum Gasteiger partial charge on any atom is 0.242 e. The zero-order chi connectivity index (χ0) is 25.8. The van der Waals surface area contributed by atoms with Gasteiger partial charge in [0.2, 0.25) is 5.91 Å². The van der Waals surface area contributed by atoms with Gasteiger partial charge in [-0.1, -0.05) is 45.7 Å². The Morgan fingerprint density at radius 2 is 1.97 bits per heavy atom. The number of hydrogen-bond acceptors (Lipinski definition) is 4. The van der Waals surface area contributed by atoms with Crippen LogP contribution >= 0.6 is 11.6 Å². The number of aryl methyl sites for hydroxylation is 1. The molecule has 1 aromatic carbocycles. The number of carbonyl (C=O) groups excluding carboxylic acids is 1. The van der Waals surface area contributed by atoms with E-state index in [1.165, 1.54) is 0 Å². The van der Waals surface area contributed by atoms with Gasteiger partial charge >= 0.3 is 0 Å². The standard InChI is InChI=1S/C27H41ClFN5O/c1-7-8-23(32-20-10-9-18-13-22(29)21(28)12-19(18)11-20)25(35)33-24-14-34(17-31-24)27(5,6)16-30-15-26(2,3)4/h12-14,17,20,23,30,32H,7-11,15-16H2,1-6H3,(H,33,35)/t20-,23?/m0/s1. The average molecular weight is 506 g/mol. The minimum atomic E-state index is -0.368. The summed E-state index contributed by atoms with van der Waals surface area (Å²) in [7, 11) is 0. The van der Waals surface area contributed by atoms with Crippen LogP contribution in [0.4, 0.5) is 10.2 Å². The number of nitrogens with one attached hydrogen (secondary N) is 3. The molecule has 1 aliphatic carbocycles. The molecule has 1 unspecified atom stereocenters. The number of imidazole rings is 1. The first-order valence-corrected chi connectivity index (χ1v) is 13.0. The molecule has 0 saturated heterocycles. The average Bonchev–Trinajstić information content (AvgIpc) is 3.23. The summed E-state index contributed by atoms with van der Waals surface area (Å²) in [4.78, 5) is 17.6. The van der Waals surface area contributed by atoms with Crippen LogP contribution in [-0.2, 0) is 23.2 Å². The van der Waals surface area contributed by atoms with Crippen LogP contribution in [0.3, 0.4) is 0 Å². The highest BCUT2D eigenvalue weighted by molar-refractivity contribution is 6.30. The van der Waals surface area contributed by atoms with Gasteiger partial charge in [0.05, 0.1) is 22.9 Å². The summed E-state index contributed by atoms with van der Waals surface area (Å²) in [6, 6.07) is 3.08. The van der Waals surface area contributed by atoms with E-state index in [0.29, 0.717) is 5.82 Å². The third kappa shape index (κ3) is 7.76. The monoisotopic (exact) mass is 505 g/mol. The van der Waals surface area contributed by atoms with E-state index in [9.17, 15) is 9.18 Å². The smallest absolute Gasteiger partial charge is 0.242 e. The predicted octanol–water partition coefficient (Wildman–Crippen LogP) is 5.30. The molecule has 0 aliphatic heterocycles. The molecule has 8 heteroatoms. The van der Waals surface area contributed by atoms with Gasteiger partial charge in [-0.15, -0.1) is 0 Å². The van der Waals surface area contributed by atoms with Gasteiger partial charge in [-0.25, -0.2) is 9.37 Å². The van der Waals surface area contributed by atoms with Crippen LogP contribution in [-0.4, -0.2) is 40.6 Å². The van der Waals surface area contributed by atoms with Crippen molar-refractivity contribution in [3.05, 3.63) is 46.6 Å². The predicted molar refractivity (Wildman–Crippen MR) is 142 cm³/mol. The van der Waals surface area contributed by atoms with Gasteiger partial charge in [0, 0.05) is 25.3 Å². The number of benzene rings is 1. The second-order valence-corrected chi connectivity index (χ2v) is 12.0. The summed E-state index contributed by atoms with van der Waals surface area (Å²) in [5.74, 6) is 0.106. The number of aromatic nitrogens is 2. The first-order valence-electron chi connectivity index (χ1n) is 12.7. The van der Waals surface area contributed by atoms with Gasteiger partial charge in [0.25, 0.3) is 0 Å². The summed E-state index contributed by atoms with van der Waals surface area (Å²) < 4.78 is 15.8. The van der Waals surface area contributed by atoms with Gasteiger partial charge in [-0.2, -0.15) is 0 Å². The van der Waals surface area contributed by atoms with Crippen LogP contribution in [0.25, 0.3) is 0 Å². The van der Waals surface area contributed by atoms with Gasteiger partial charge < -0.3 is 20.5 Å². The van der Waals surface area contributed by atoms with Crippen molar-refractivity contribution in [2.75, 3.05) is 18.4 Å². The van der Waals surface area contributed by atoms with E-state index in [4.69, 9.17) is 11.6 Å². The highest BCUT2D eigenvalue weighted by atomic mass is 35.5. The van der Waals surface area contributed by atoms with Gasteiger partial charge in [0.15, 0.2) is 5.82 Å². The maximum absolute atomic E-state index is 13.8. The number of fused-ring (bicyclic) bond motifs is 1. The lowest BCUT2D eigenvalue weighted by Crippen LogP contribution is -2.47. The quantitative estimate of drug-likeness (QED) is 0.409. The Hall–Kier alpha value is -1.96. The molecule has 3 N–H and O–H groups in total. The molecular formula is C27H41ClFN5O. The minimum absolute atomic E-state index is 0.0799. The summed E-state index contributed by atoms with van der Waals surface area (Å²) in [6.45, 7) is 14.7. The zero-order valence-electron chi connectivity index (χ0n) is 22.0. The van der Waals surface area contributed by atoms with Crippen LogP contribution in [0, 0.1) is 11.2 Å². The Kier molecular flexibility index (Phi) is 9.00. The molecule has 3 rings (SSSR count). The number of rotatable bonds is 10. The fourth-order valence-corrected chi connectivity index (χ4v) is 4.71. The molecular weight excluding hydrogens is 465 g/mol. The van der Waals surface area contributed by atoms with Crippen molar-refractivity contribution in [1.82, 2.24) is 20.2 Å². The molecule has 1 aliphatic rings. The third-order valence-electron chi connectivity index (χ3n) is 6.55. The second-order valence-electron chi connectivity index (χ2n) is 11.6. The van der Waals surface area contributed by atoms with Crippen LogP contribution in [0.15, 0.2) is 24.7 Å². The van der Waals surface area contributed by atoms with Crippen molar-refractivity contribution < 1.29 is 9.18 Å². The van der Waals surface area contributed by atoms with Crippen LogP contribution < -0.4 is 16.0 Å². The molecule has 0 fully saturated rings. The lowest BCUT2D eigenvalue weighted by Gasteiger charge is -2.29. The van der Waals surface area contributed by atoms with Crippen LogP contribution in [0.1, 0.15) is 71.9 Å². The molecule has 0 bridgehead atoms. The van der Waals surface area contributed by atoms with Gasteiger partial charge in [-0.3, -0.25) is 4.79 Å². The Morgan fingerprint density at radius 3 is 2.66 bits per heavy atom. The van der Waals surface area contributed by atoms with Crippen molar-refractivity contribution in [3.63, 3.8) is 0 Å².